The van der Waals surface area contributed by atoms with Crippen LogP contribution in [0.5, 0.6) is 0 Å². The number of anilines is 1. The highest BCUT2D eigenvalue weighted by Crippen LogP contribution is 2.15. The van der Waals surface area contributed by atoms with E-state index in [0.717, 1.165) is 13.0 Å². The van der Waals surface area contributed by atoms with Crippen LogP contribution in [-0.2, 0) is 11.3 Å². The molecular weight excluding hydrogens is 250 g/mol. The zero-order chi connectivity index (χ0) is 14.5. The number of nitrogens with one attached hydrogen (secondary N) is 1. The summed E-state index contributed by atoms with van der Waals surface area (Å²) in [4.78, 5) is 16.1. The van der Waals surface area contributed by atoms with Gasteiger partial charge < -0.3 is 15.1 Å². The maximum atomic E-state index is 12.2. The third kappa shape index (κ3) is 3.97. The molecule has 2 rings (SSSR count). The van der Waals surface area contributed by atoms with E-state index in [0.29, 0.717) is 19.0 Å². The van der Waals surface area contributed by atoms with E-state index < -0.39 is 0 Å². The van der Waals surface area contributed by atoms with Crippen molar-refractivity contribution in [2.24, 2.45) is 0 Å². The summed E-state index contributed by atoms with van der Waals surface area (Å²) in [6.07, 6.45) is 2.93. The van der Waals surface area contributed by atoms with Crippen LogP contribution in [-0.4, -0.2) is 44.5 Å². The van der Waals surface area contributed by atoms with E-state index in [2.05, 4.69) is 34.5 Å². The van der Waals surface area contributed by atoms with Gasteiger partial charge in [-0.15, -0.1) is 0 Å². The Labute approximate surface area is 121 Å². The van der Waals surface area contributed by atoms with Crippen LogP contribution in [0.2, 0.25) is 0 Å². The van der Waals surface area contributed by atoms with Crippen LogP contribution in [0.3, 0.4) is 0 Å². The van der Waals surface area contributed by atoms with Crippen LogP contribution >= 0.6 is 0 Å². The Morgan fingerprint density at radius 1 is 1.25 bits per heavy atom. The van der Waals surface area contributed by atoms with Crippen LogP contribution in [0.1, 0.15) is 24.8 Å². The number of carbonyl (C=O) groups excluding carboxylic acids is 1. The lowest BCUT2D eigenvalue weighted by atomic mass is 10.1. The Bertz CT molecular complexity index is 436. The fourth-order valence-electron chi connectivity index (χ4n) is 2.56. The topological polar surface area (TPSA) is 35.6 Å². The first kappa shape index (κ1) is 14.9. The van der Waals surface area contributed by atoms with E-state index in [1.807, 2.05) is 26.0 Å². The number of amides is 1. The van der Waals surface area contributed by atoms with Crippen molar-refractivity contribution in [3.8, 4) is 0 Å². The molecule has 1 atom stereocenters. The second-order valence-electron chi connectivity index (χ2n) is 5.81. The Kier molecular flexibility index (Phi) is 5.01. The van der Waals surface area contributed by atoms with Crippen LogP contribution < -0.4 is 10.2 Å². The first-order valence-electron chi connectivity index (χ1n) is 7.30. The van der Waals surface area contributed by atoms with Gasteiger partial charge in [0.1, 0.15) is 0 Å². The molecule has 0 saturated carbocycles. The second-order valence-corrected chi connectivity index (χ2v) is 5.81. The Balaban J connectivity index is 1.86. The highest BCUT2D eigenvalue weighted by atomic mass is 16.2. The predicted octanol–water partition coefficient (Wildman–Crippen LogP) is 1.85. The van der Waals surface area contributed by atoms with Gasteiger partial charge in [0.15, 0.2) is 0 Å². The van der Waals surface area contributed by atoms with Gasteiger partial charge in [-0.25, -0.2) is 0 Å². The molecule has 1 fully saturated rings. The zero-order valence-corrected chi connectivity index (χ0v) is 12.7. The van der Waals surface area contributed by atoms with Crippen molar-refractivity contribution in [3.63, 3.8) is 0 Å². The third-order valence-electron chi connectivity index (χ3n) is 3.88. The molecule has 0 spiro atoms. The van der Waals surface area contributed by atoms with Crippen LogP contribution in [0, 0.1) is 0 Å². The van der Waals surface area contributed by atoms with Gasteiger partial charge in [-0.1, -0.05) is 12.1 Å². The molecule has 0 aliphatic carbocycles. The van der Waals surface area contributed by atoms with Crippen molar-refractivity contribution in [2.75, 3.05) is 32.6 Å². The van der Waals surface area contributed by atoms with Crippen molar-refractivity contribution in [1.82, 2.24) is 10.2 Å². The molecule has 4 nitrogen and oxygen atoms in total. The smallest absolute Gasteiger partial charge is 0.224 e. The average Bonchev–Trinajstić information content (AvgIpc) is 2.92. The van der Waals surface area contributed by atoms with Gasteiger partial charge in [-0.05, 0) is 37.1 Å². The quantitative estimate of drug-likeness (QED) is 0.891. The minimum Gasteiger partial charge on any atom is -0.378 e. The number of carbonyl (C=O) groups is 1. The molecule has 110 valence electrons. The van der Waals surface area contributed by atoms with Crippen LogP contribution in [0.25, 0.3) is 0 Å². The molecule has 1 amide bonds. The Morgan fingerprint density at radius 3 is 2.50 bits per heavy atom. The van der Waals surface area contributed by atoms with Crippen molar-refractivity contribution < 1.29 is 4.79 Å². The molecule has 1 aromatic carbocycles. The van der Waals surface area contributed by atoms with Crippen molar-refractivity contribution >= 4 is 11.6 Å². The molecule has 1 unspecified atom stereocenters. The first-order valence-corrected chi connectivity index (χ1v) is 7.30. The largest absolute Gasteiger partial charge is 0.378 e. The predicted molar refractivity (Wildman–Crippen MR) is 82.9 cm³/mol. The molecule has 1 heterocycles. The Hall–Kier alpha value is -1.55. The van der Waals surface area contributed by atoms with E-state index >= 15 is 0 Å². The van der Waals surface area contributed by atoms with Gasteiger partial charge in [-0.3, -0.25) is 4.79 Å². The molecule has 1 aliphatic rings. The standard InChI is InChI=1S/C16H25N3O/c1-18(2)15-8-6-13(7-9-15)12-19(3)16(20)11-14-5-4-10-17-14/h6-9,14,17H,4-5,10-12H2,1-3H3. The molecule has 1 aliphatic heterocycles. The minimum atomic E-state index is 0.223. The average molecular weight is 275 g/mol. The van der Waals surface area contributed by atoms with Crippen LogP contribution in [0.15, 0.2) is 24.3 Å². The van der Waals surface area contributed by atoms with Gasteiger partial charge in [0.05, 0.1) is 0 Å². The van der Waals surface area contributed by atoms with E-state index in [1.54, 1.807) is 0 Å². The van der Waals surface area contributed by atoms with Gasteiger partial charge in [0.25, 0.3) is 0 Å². The number of hydrogen-bond donors (Lipinski definition) is 1. The molecule has 0 radical (unpaired) electrons. The summed E-state index contributed by atoms with van der Waals surface area (Å²) < 4.78 is 0. The molecule has 4 heteroatoms. The van der Waals surface area contributed by atoms with Crippen molar-refractivity contribution in [1.29, 1.82) is 0 Å². The highest BCUT2D eigenvalue weighted by Gasteiger charge is 2.19. The van der Waals surface area contributed by atoms with Crippen molar-refractivity contribution in [3.05, 3.63) is 29.8 Å². The lowest BCUT2D eigenvalue weighted by Gasteiger charge is -2.20. The summed E-state index contributed by atoms with van der Waals surface area (Å²) >= 11 is 0. The van der Waals surface area contributed by atoms with E-state index in [1.165, 1.54) is 17.7 Å². The molecule has 1 N–H and O–H groups in total. The molecule has 0 aromatic heterocycles. The fraction of sp³-hybridized carbons (Fsp3) is 0.562. The number of benzene rings is 1. The maximum Gasteiger partial charge on any atom is 0.224 e. The SMILES string of the molecule is CN(Cc1ccc(N(C)C)cc1)C(=O)CC1CCCN1. The maximum absolute atomic E-state index is 12.2. The minimum absolute atomic E-state index is 0.223. The third-order valence-corrected chi connectivity index (χ3v) is 3.88. The summed E-state index contributed by atoms with van der Waals surface area (Å²) in [6.45, 7) is 1.73. The summed E-state index contributed by atoms with van der Waals surface area (Å²) in [5.74, 6) is 0.223. The molecule has 1 saturated heterocycles. The second kappa shape index (κ2) is 6.75. The lowest BCUT2D eigenvalue weighted by molar-refractivity contribution is -0.130. The fourth-order valence-corrected chi connectivity index (χ4v) is 2.56. The summed E-state index contributed by atoms with van der Waals surface area (Å²) in [7, 11) is 5.94. The normalized spacial score (nSPS) is 18.1. The number of nitrogens with zero attached hydrogens (tertiary/aromatic N) is 2. The summed E-state index contributed by atoms with van der Waals surface area (Å²) in [5, 5.41) is 3.37. The number of rotatable bonds is 5. The molecule has 20 heavy (non-hydrogen) atoms. The molecular formula is C16H25N3O. The summed E-state index contributed by atoms with van der Waals surface area (Å²) in [5.41, 5.74) is 2.35. The van der Waals surface area contributed by atoms with Gasteiger partial charge >= 0.3 is 0 Å². The molecule has 1 aromatic rings. The number of hydrogen-bond acceptors (Lipinski definition) is 3. The lowest BCUT2D eigenvalue weighted by Crippen LogP contribution is -2.33. The molecule has 0 bridgehead atoms. The van der Waals surface area contributed by atoms with Gasteiger partial charge in [-0.2, -0.15) is 0 Å². The van der Waals surface area contributed by atoms with E-state index in [9.17, 15) is 4.79 Å². The van der Waals surface area contributed by atoms with E-state index in [-0.39, 0.29) is 5.91 Å². The first-order chi connectivity index (χ1) is 9.56. The van der Waals surface area contributed by atoms with E-state index in [4.69, 9.17) is 0 Å². The zero-order valence-electron chi connectivity index (χ0n) is 12.7. The Morgan fingerprint density at radius 2 is 1.95 bits per heavy atom. The van der Waals surface area contributed by atoms with Crippen LogP contribution in [0.4, 0.5) is 5.69 Å². The summed E-state index contributed by atoms with van der Waals surface area (Å²) in [6, 6.07) is 8.74. The monoisotopic (exact) mass is 275 g/mol. The van der Waals surface area contributed by atoms with Gasteiger partial charge in [0, 0.05) is 45.8 Å². The van der Waals surface area contributed by atoms with Gasteiger partial charge in [0.2, 0.25) is 5.91 Å². The highest BCUT2D eigenvalue weighted by molar-refractivity contribution is 5.76. The van der Waals surface area contributed by atoms with Crippen molar-refractivity contribution in [2.45, 2.75) is 31.8 Å².